The number of ether oxygens (including phenoxy) is 3. The number of aromatic hydroxyl groups is 1. The minimum atomic E-state index is -3.66. The average molecular weight is 611 g/mol. The van der Waals surface area contributed by atoms with Crippen LogP contribution in [0.5, 0.6) is 23.0 Å². The van der Waals surface area contributed by atoms with E-state index >= 15 is 0 Å². The van der Waals surface area contributed by atoms with E-state index in [1.165, 1.54) is 55.6 Å². The van der Waals surface area contributed by atoms with E-state index < -0.39 is 19.7 Å². The number of benzene rings is 4. The molecule has 0 aliphatic rings. The SMILES string of the molecule is COc1ccc(S(=O)(=O)c2ccc(OCCCCCCCOc3ccc(S(=O)(=O)c4ccc(O)cc4)cc3)cc2)cc1. The third-order valence-electron chi connectivity index (χ3n) is 6.61. The summed E-state index contributed by atoms with van der Waals surface area (Å²) in [5.74, 6) is 1.84. The maximum atomic E-state index is 12.8. The van der Waals surface area contributed by atoms with Crippen LogP contribution < -0.4 is 14.2 Å². The van der Waals surface area contributed by atoms with Crippen molar-refractivity contribution in [2.45, 2.75) is 51.7 Å². The molecule has 222 valence electrons. The highest BCUT2D eigenvalue weighted by Crippen LogP contribution is 2.26. The van der Waals surface area contributed by atoms with E-state index in [4.69, 9.17) is 14.2 Å². The minimum absolute atomic E-state index is 0.00956. The Bertz CT molecular complexity index is 1630. The Labute approximate surface area is 247 Å². The Morgan fingerprint density at radius 2 is 0.786 bits per heavy atom. The topological polar surface area (TPSA) is 116 Å². The lowest BCUT2D eigenvalue weighted by atomic mass is 10.1. The van der Waals surface area contributed by atoms with E-state index in [1.807, 2.05) is 0 Å². The molecule has 1 N–H and O–H groups in total. The van der Waals surface area contributed by atoms with Crippen molar-refractivity contribution in [3.8, 4) is 23.0 Å². The van der Waals surface area contributed by atoms with E-state index in [9.17, 15) is 21.9 Å². The number of hydrogen-bond donors (Lipinski definition) is 1. The minimum Gasteiger partial charge on any atom is -0.508 e. The van der Waals surface area contributed by atoms with Gasteiger partial charge >= 0.3 is 0 Å². The van der Waals surface area contributed by atoms with Crippen molar-refractivity contribution in [2.24, 2.45) is 0 Å². The van der Waals surface area contributed by atoms with Crippen LogP contribution in [0.3, 0.4) is 0 Å². The van der Waals surface area contributed by atoms with Crippen LogP contribution in [0.4, 0.5) is 0 Å². The summed E-state index contributed by atoms with van der Waals surface area (Å²) < 4.78 is 67.7. The molecule has 0 amide bonds. The fourth-order valence-corrected chi connectivity index (χ4v) is 6.72. The zero-order valence-electron chi connectivity index (χ0n) is 23.3. The van der Waals surface area contributed by atoms with Crippen LogP contribution in [0, 0.1) is 0 Å². The normalized spacial score (nSPS) is 11.6. The molecule has 42 heavy (non-hydrogen) atoms. The van der Waals surface area contributed by atoms with E-state index in [0.717, 1.165) is 32.1 Å². The highest BCUT2D eigenvalue weighted by molar-refractivity contribution is 7.91. The second-order valence-corrected chi connectivity index (χ2v) is 13.5. The lowest BCUT2D eigenvalue weighted by Gasteiger charge is -2.09. The van der Waals surface area contributed by atoms with Gasteiger partial charge in [0.1, 0.15) is 23.0 Å². The first kappa shape index (κ1) is 30.9. The summed E-state index contributed by atoms with van der Waals surface area (Å²) >= 11 is 0. The maximum Gasteiger partial charge on any atom is 0.206 e. The molecule has 8 nitrogen and oxygen atoms in total. The summed E-state index contributed by atoms with van der Waals surface area (Å²) in [4.78, 5) is 0.695. The smallest absolute Gasteiger partial charge is 0.206 e. The predicted octanol–water partition coefficient (Wildman–Crippen LogP) is 6.47. The van der Waals surface area contributed by atoms with Gasteiger partial charge in [0.15, 0.2) is 0 Å². The van der Waals surface area contributed by atoms with E-state index in [0.29, 0.717) is 30.5 Å². The first-order chi connectivity index (χ1) is 20.2. The van der Waals surface area contributed by atoms with Gasteiger partial charge in [0.05, 0.1) is 39.9 Å². The van der Waals surface area contributed by atoms with Gasteiger partial charge in [-0.3, -0.25) is 0 Å². The molecule has 4 aromatic carbocycles. The first-order valence-electron chi connectivity index (χ1n) is 13.6. The second kappa shape index (κ2) is 14.2. The van der Waals surface area contributed by atoms with Crippen LogP contribution in [0.25, 0.3) is 0 Å². The molecule has 0 aliphatic carbocycles. The molecular formula is C32H34O8S2. The summed E-state index contributed by atoms with van der Waals surface area (Å²) in [6, 6.07) is 24.5. The monoisotopic (exact) mass is 610 g/mol. The molecule has 4 rings (SSSR count). The zero-order chi connectivity index (χ0) is 30.0. The molecule has 0 saturated carbocycles. The molecule has 0 spiro atoms. The van der Waals surface area contributed by atoms with E-state index in [1.54, 1.807) is 48.5 Å². The van der Waals surface area contributed by atoms with Gasteiger partial charge in [-0.15, -0.1) is 0 Å². The molecule has 0 radical (unpaired) electrons. The fraction of sp³-hybridized carbons (Fsp3) is 0.250. The van der Waals surface area contributed by atoms with Gasteiger partial charge in [-0.05, 0) is 110 Å². The number of phenolic OH excluding ortho intramolecular Hbond substituents is 1. The van der Waals surface area contributed by atoms with Gasteiger partial charge in [-0.25, -0.2) is 16.8 Å². The zero-order valence-corrected chi connectivity index (χ0v) is 24.9. The van der Waals surface area contributed by atoms with Crippen molar-refractivity contribution in [2.75, 3.05) is 20.3 Å². The summed E-state index contributed by atoms with van der Waals surface area (Å²) in [7, 11) is -5.74. The summed E-state index contributed by atoms with van der Waals surface area (Å²) in [5, 5.41) is 9.38. The molecule has 0 fully saturated rings. The molecule has 0 aliphatic heterocycles. The Morgan fingerprint density at radius 1 is 0.476 bits per heavy atom. The summed E-state index contributed by atoms with van der Waals surface area (Å²) in [6.07, 6.45) is 4.76. The van der Waals surface area contributed by atoms with Crippen LogP contribution >= 0.6 is 0 Å². The van der Waals surface area contributed by atoms with Crippen molar-refractivity contribution in [3.05, 3.63) is 97.1 Å². The molecule has 0 bridgehead atoms. The number of unbranched alkanes of at least 4 members (excludes halogenated alkanes) is 4. The lowest BCUT2D eigenvalue weighted by Crippen LogP contribution is -2.03. The van der Waals surface area contributed by atoms with Gasteiger partial charge in [0, 0.05) is 0 Å². The number of methoxy groups -OCH3 is 1. The summed E-state index contributed by atoms with van der Waals surface area (Å²) in [6.45, 7) is 1.08. The van der Waals surface area contributed by atoms with Crippen molar-refractivity contribution in [1.82, 2.24) is 0 Å². The Kier molecular flexibility index (Phi) is 10.5. The maximum absolute atomic E-state index is 12.8. The van der Waals surface area contributed by atoms with Crippen molar-refractivity contribution in [3.63, 3.8) is 0 Å². The largest absolute Gasteiger partial charge is 0.508 e. The molecule has 0 heterocycles. The molecule has 0 saturated heterocycles. The summed E-state index contributed by atoms with van der Waals surface area (Å²) in [5.41, 5.74) is 0. The molecule has 0 aromatic heterocycles. The number of sulfone groups is 2. The Morgan fingerprint density at radius 3 is 1.14 bits per heavy atom. The first-order valence-corrected chi connectivity index (χ1v) is 16.6. The number of rotatable bonds is 15. The Balaban J connectivity index is 1.10. The van der Waals surface area contributed by atoms with Gasteiger partial charge in [0.2, 0.25) is 19.7 Å². The van der Waals surface area contributed by atoms with E-state index in [2.05, 4.69) is 0 Å². The number of hydrogen-bond acceptors (Lipinski definition) is 8. The van der Waals surface area contributed by atoms with Crippen LogP contribution in [0.1, 0.15) is 32.1 Å². The lowest BCUT2D eigenvalue weighted by molar-refractivity contribution is 0.293. The van der Waals surface area contributed by atoms with Crippen molar-refractivity contribution >= 4 is 19.7 Å². The second-order valence-electron chi connectivity index (χ2n) is 9.58. The third-order valence-corrected chi connectivity index (χ3v) is 10.2. The average Bonchev–Trinajstić information content (AvgIpc) is 3.01. The van der Waals surface area contributed by atoms with Crippen LogP contribution in [-0.4, -0.2) is 42.3 Å². The molecule has 0 atom stereocenters. The van der Waals surface area contributed by atoms with Crippen LogP contribution in [0.15, 0.2) is 117 Å². The van der Waals surface area contributed by atoms with Gasteiger partial charge in [-0.1, -0.05) is 19.3 Å². The highest BCUT2D eigenvalue weighted by Gasteiger charge is 2.18. The highest BCUT2D eigenvalue weighted by atomic mass is 32.2. The molecular weight excluding hydrogens is 576 g/mol. The fourth-order valence-electron chi connectivity index (χ4n) is 4.20. The van der Waals surface area contributed by atoms with Crippen molar-refractivity contribution in [1.29, 1.82) is 0 Å². The van der Waals surface area contributed by atoms with Gasteiger partial charge in [0.25, 0.3) is 0 Å². The third kappa shape index (κ3) is 8.04. The number of phenols is 1. The quantitative estimate of drug-likeness (QED) is 0.152. The van der Waals surface area contributed by atoms with Gasteiger partial charge < -0.3 is 19.3 Å². The Hall–Kier alpha value is -4.02. The molecule has 0 unspecified atom stereocenters. The molecule has 4 aromatic rings. The van der Waals surface area contributed by atoms with E-state index in [-0.39, 0.29) is 25.3 Å². The van der Waals surface area contributed by atoms with Crippen LogP contribution in [0.2, 0.25) is 0 Å². The molecule has 10 heteroatoms. The van der Waals surface area contributed by atoms with Crippen LogP contribution in [-0.2, 0) is 19.7 Å². The standard InChI is InChI=1S/C32H34O8S2/c1-38-26-9-17-30(18-10-26)42(36,37)32-21-13-28(14-22-32)40-24-6-4-2-3-5-23-39-27-11-19-31(20-12-27)41(34,35)29-15-7-25(33)8-16-29/h7-22,33H,2-6,23-24H2,1H3. The van der Waals surface area contributed by atoms with Crippen molar-refractivity contribution < 1.29 is 36.2 Å². The van der Waals surface area contributed by atoms with Gasteiger partial charge in [-0.2, -0.15) is 0 Å². The predicted molar refractivity (Wildman–Crippen MR) is 159 cm³/mol.